The molecular weight excluding hydrogens is 359 g/mol. The molecule has 0 amide bonds. The van der Waals surface area contributed by atoms with Crippen molar-refractivity contribution in [2.45, 2.75) is 11.4 Å². The van der Waals surface area contributed by atoms with E-state index in [9.17, 15) is 12.8 Å². The highest BCUT2D eigenvalue weighted by Gasteiger charge is 2.17. The van der Waals surface area contributed by atoms with Crippen LogP contribution in [0.1, 0.15) is 5.56 Å². The number of nitrogens with zero attached hydrogens (tertiary/aromatic N) is 1. The van der Waals surface area contributed by atoms with Crippen LogP contribution in [0.3, 0.4) is 0 Å². The van der Waals surface area contributed by atoms with Gasteiger partial charge < -0.3 is 14.4 Å². The molecule has 0 radical (unpaired) electrons. The summed E-state index contributed by atoms with van der Waals surface area (Å²) in [4.78, 5) is 2.08. The molecule has 1 saturated heterocycles. The molecule has 0 spiro atoms. The van der Waals surface area contributed by atoms with Gasteiger partial charge in [0.1, 0.15) is 0 Å². The second kappa shape index (κ2) is 8.03. The summed E-state index contributed by atoms with van der Waals surface area (Å²) in [5.41, 5.74) is 1.90. The summed E-state index contributed by atoms with van der Waals surface area (Å²) in [6, 6.07) is 11.2. The van der Waals surface area contributed by atoms with Crippen molar-refractivity contribution >= 4 is 15.7 Å². The number of methoxy groups -OCH3 is 1. The molecule has 26 heavy (non-hydrogen) atoms. The van der Waals surface area contributed by atoms with Gasteiger partial charge in [0.05, 0.1) is 25.2 Å². The molecule has 8 heteroatoms. The monoisotopic (exact) mass is 380 g/mol. The SMILES string of the molecule is COc1ccc(S(=O)(=O)NCc2ccc(N3CCOCC3)cc2)cc1F. The Morgan fingerprint density at radius 2 is 1.85 bits per heavy atom. The minimum atomic E-state index is -3.81. The lowest BCUT2D eigenvalue weighted by Crippen LogP contribution is -2.36. The number of ether oxygens (including phenoxy) is 2. The number of sulfonamides is 1. The Morgan fingerprint density at radius 1 is 1.15 bits per heavy atom. The number of benzene rings is 2. The third kappa shape index (κ3) is 4.32. The van der Waals surface area contributed by atoms with Gasteiger partial charge in [-0.15, -0.1) is 0 Å². The Balaban J connectivity index is 1.65. The number of rotatable bonds is 6. The van der Waals surface area contributed by atoms with E-state index in [0.717, 1.165) is 30.4 Å². The van der Waals surface area contributed by atoms with E-state index >= 15 is 0 Å². The van der Waals surface area contributed by atoms with Gasteiger partial charge in [-0.2, -0.15) is 0 Å². The lowest BCUT2D eigenvalue weighted by molar-refractivity contribution is 0.122. The number of nitrogens with one attached hydrogen (secondary N) is 1. The number of halogens is 1. The summed E-state index contributed by atoms with van der Waals surface area (Å²) in [6.07, 6.45) is 0. The Morgan fingerprint density at radius 3 is 2.46 bits per heavy atom. The van der Waals surface area contributed by atoms with Gasteiger partial charge in [0.15, 0.2) is 11.6 Å². The Labute approximate surface area is 152 Å². The van der Waals surface area contributed by atoms with Crippen LogP contribution < -0.4 is 14.4 Å². The summed E-state index contributed by atoms with van der Waals surface area (Å²) in [7, 11) is -2.48. The predicted molar refractivity (Wildman–Crippen MR) is 96.5 cm³/mol. The number of hydrogen-bond acceptors (Lipinski definition) is 5. The minimum Gasteiger partial charge on any atom is -0.494 e. The first-order chi connectivity index (χ1) is 12.5. The van der Waals surface area contributed by atoms with E-state index < -0.39 is 15.8 Å². The summed E-state index contributed by atoms with van der Waals surface area (Å²) in [5.74, 6) is -0.715. The van der Waals surface area contributed by atoms with Crippen LogP contribution >= 0.6 is 0 Å². The highest BCUT2D eigenvalue weighted by Crippen LogP contribution is 2.21. The fourth-order valence-corrected chi connectivity index (χ4v) is 3.75. The third-order valence-corrected chi connectivity index (χ3v) is 5.61. The van der Waals surface area contributed by atoms with Crippen molar-refractivity contribution < 1.29 is 22.3 Å². The molecule has 0 aromatic heterocycles. The largest absolute Gasteiger partial charge is 0.494 e. The van der Waals surface area contributed by atoms with Crippen LogP contribution in [0.5, 0.6) is 5.75 Å². The maximum atomic E-state index is 13.7. The molecule has 1 fully saturated rings. The first-order valence-corrected chi connectivity index (χ1v) is 9.73. The van der Waals surface area contributed by atoms with Gasteiger partial charge in [0.25, 0.3) is 0 Å². The van der Waals surface area contributed by atoms with Crippen molar-refractivity contribution in [3.63, 3.8) is 0 Å². The molecule has 0 atom stereocenters. The number of hydrogen-bond donors (Lipinski definition) is 1. The van der Waals surface area contributed by atoms with Crippen molar-refractivity contribution in [3.05, 3.63) is 53.8 Å². The lowest BCUT2D eigenvalue weighted by atomic mass is 10.2. The van der Waals surface area contributed by atoms with Crippen LogP contribution in [0.15, 0.2) is 47.4 Å². The second-order valence-electron chi connectivity index (χ2n) is 5.89. The first-order valence-electron chi connectivity index (χ1n) is 8.24. The fourth-order valence-electron chi connectivity index (χ4n) is 2.72. The van der Waals surface area contributed by atoms with E-state index in [1.165, 1.54) is 19.2 Å². The molecule has 0 aliphatic carbocycles. The third-order valence-electron chi connectivity index (χ3n) is 4.21. The summed E-state index contributed by atoms with van der Waals surface area (Å²) in [6.45, 7) is 3.23. The van der Waals surface area contributed by atoms with Crippen molar-refractivity contribution in [1.29, 1.82) is 0 Å². The van der Waals surface area contributed by atoms with Gasteiger partial charge in [0, 0.05) is 25.3 Å². The lowest BCUT2D eigenvalue weighted by Gasteiger charge is -2.28. The van der Waals surface area contributed by atoms with E-state index in [1.54, 1.807) is 0 Å². The van der Waals surface area contributed by atoms with Gasteiger partial charge in [-0.3, -0.25) is 0 Å². The van der Waals surface area contributed by atoms with Crippen molar-refractivity contribution in [2.24, 2.45) is 0 Å². The maximum Gasteiger partial charge on any atom is 0.240 e. The molecule has 0 unspecified atom stereocenters. The number of anilines is 1. The van der Waals surface area contributed by atoms with E-state index in [4.69, 9.17) is 9.47 Å². The Hall–Kier alpha value is -2.16. The molecule has 6 nitrogen and oxygen atoms in total. The van der Waals surface area contributed by atoms with Crippen LogP contribution in [-0.2, 0) is 21.3 Å². The van der Waals surface area contributed by atoms with Gasteiger partial charge in [-0.05, 0) is 35.9 Å². The quantitative estimate of drug-likeness (QED) is 0.832. The highest BCUT2D eigenvalue weighted by atomic mass is 32.2. The van der Waals surface area contributed by atoms with Crippen molar-refractivity contribution in [2.75, 3.05) is 38.3 Å². The zero-order chi connectivity index (χ0) is 18.6. The van der Waals surface area contributed by atoms with Crippen LogP contribution in [0.4, 0.5) is 10.1 Å². The van der Waals surface area contributed by atoms with Crippen LogP contribution in [0.25, 0.3) is 0 Å². The normalized spacial score (nSPS) is 15.1. The van der Waals surface area contributed by atoms with E-state index in [1.807, 2.05) is 24.3 Å². The molecule has 1 heterocycles. The predicted octanol–water partition coefficient (Wildman–Crippen LogP) is 2.15. The maximum absolute atomic E-state index is 13.7. The molecule has 0 saturated carbocycles. The van der Waals surface area contributed by atoms with Gasteiger partial charge in [-0.25, -0.2) is 17.5 Å². The van der Waals surface area contributed by atoms with Gasteiger partial charge >= 0.3 is 0 Å². The van der Waals surface area contributed by atoms with E-state index in [2.05, 4.69) is 9.62 Å². The zero-order valence-electron chi connectivity index (χ0n) is 14.4. The first kappa shape index (κ1) is 18.6. The summed E-state index contributed by atoms with van der Waals surface area (Å²) >= 11 is 0. The molecule has 3 rings (SSSR count). The van der Waals surface area contributed by atoms with Crippen molar-refractivity contribution in [3.8, 4) is 5.75 Å². The number of morpholine rings is 1. The molecule has 140 valence electrons. The highest BCUT2D eigenvalue weighted by molar-refractivity contribution is 7.89. The van der Waals surface area contributed by atoms with Crippen LogP contribution in [0.2, 0.25) is 0 Å². The molecular formula is C18H21FN2O4S. The minimum absolute atomic E-state index is 0.00246. The van der Waals surface area contributed by atoms with Crippen LogP contribution in [0, 0.1) is 5.82 Å². The average molecular weight is 380 g/mol. The van der Waals surface area contributed by atoms with Gasteiger partial charge in [0.2, 0.25) is 10.0 Å². The molecule has 1 aliphatic heterocycles. The molecule has 2 aromatic carbocycles. The summed E-state index contributed by atoms with van der Waals surface area (Å²) < 4.78 is 51.0. The van der Waals surface area contributed by atoms with E-state index in [0.29, 0.717) is 13.2 Å². The van der Waals surface area contributed by atoms with Crippen molar-refractivity contribution in [1.82, 2.24) is 4.72 Å². The fraction of sp³-hybridized carbons (Fsp3) is 0.333. The molecule has 2 aromatic rings. The summed E-state index contributed by atoms with van der Waals surface area (Å²) in [5, 5.41) is 0. The zero-order valence-corrected chi connectivity index (χ0v) is 15.3. The van der Waals surface area contributed by atoms with E-state index in [-0.39, 0.29) is 17.2 Å². The smallest absolute Gasteiger partial charge is 0.240 e. The molecule has 0 bridgehead atoms. The Bertz CT molecular complexity index is 850. The van der Waals surface area contributed by atoms with Gasteiger partial charge in [-0.1, -0.05) is 12.1 Å². The molecule has 1 aliphatic rings. The second-order valence-corrected chi connectivity index (χ2v) is 7.65. The standard InChI is InChI=1S/C18H21FN2O4S/c1-24-18-7-6-16(12-17(18)19)26(22,23)20-13-14-2-4-15(5-3-14)21-8-10-25-11-9-21/h2-7,12,20H,8-11,13H2,1H3. The average Bonchev–Trinajstić information content (AvgIpc) is 2.67. The van der Waals surface area contributed by atoms with Crippen LogP contribution in [-0.4, -0.2) is 41.8 Å². The molecule has 1 N–H and O–H groups in total. The Kier molecular flexibility index (Phi) is 5.75. The topological polar surface area (TPSA) is 67.9 Å².